The van der Waals surface area contributed by atoms with Crippen molar-refractivity contribution in [3.05, 3.63) is 0 Å². The van der Waals surface area contributed by atoms with Crippen LogP contribution in [-0.4, -0.2) is 23.8 Å². The van der Waals surface area contributed by atoms with E-state index in [1.165, 1.54) is 6.42 Å². The summed E-state index contributed by atoms with van der Waals surface area (Å²) in [4.78, 5) is 0. The van der Waals surface area contributed by atoms with E-state index >= 15 is 0 Å². The van der Waals surface area contributed by atoms with E-state index in [9.17, 15) is 0 Å². The van der Waals surface area contributed by atoms with Gasteiger partial charge < -0.3 is 10.4 Å². The highest BCUT2D eigenvalue weighted by Crippen LogP contribution is 2.26. The van der Waals surface area contributed by atoms with E-state index in [-0.39, 0.29) is 6.10 Å². The number of hydrogen-bond donors (Lipinski definition) is 2. The van der Waals surface area contributed by atoms with Crippen LogP contribution in [0.1, 0.15) is 40.0 Å². The van der Waals surface area contributed by atoms with E-state index in [1.54, 1.807) is 0 Å². The Morgan fingerprint density at radius 3 is 2.46 bits per heavy atom. The second kappa shape index (κ2) is 4.97. The summed E-state index contributed by atoms with van der Waals surface area (Å²) >= 11 is 0. The molecule has 2 N–H and O–H groups in total. The molecule has 0 amide bonds. The monoisotopic (exact) mass is 185 g/mol. The summed E-state index contributed by atoms with van der Waals surface area (Å²) in [6.07, 6.45) is 3.23. The van der Waals surface area contributed by atoms with Crippen LogP contribution in [0.5, 0.6) is 0 Å². The van der Waals surface area contributed by atoms with E-state index in [0.29, 0.717) is 6.04 Å². The molecule has 78 valence electrons. The standard InChI is InChI=1S/C11H23NO/c1-4-8(2)9(3)12-7-10-5-11(13)6-10/h8-13H,4-7H2,1-3H3. The fourth-order valence-electron chi connectivity index (χ4n) is 1.77. The van der Waals surface area contributed by atoms with Crippen molar-refractivity contribution >= 4 is 0 Å². The van der Waals surface area contributed by atoms with Gasteiger partial charge in [0.25, 0.3) is 0 Å². The van der Waals surface area contributed by atoms with Gasteiger partial charge >= 0.3 is 0 Å². The molecule has 0 aromatic carbocycles. The summed E-state index contributed by atoms with van der Waals surface area (Å²) in [5, 5.41) is 12.7. The van der Waals surface area contributed by atoms with E-state index in [1.807, 2.05) is 0 Å². The number of aliphatic hydroxyl groups excluding tert-OH is 1. The molecule has 0 bridgehead atoms. The first-order chi connectivity index (χ1) is 6.13. The smallest absolute Gasteiger partial charge is 0.0546 e. The van der Waals surface area contributed by atoms with E-state index in [4.69, 9.17) is 5.11 Å². The maximum absolute atomic E-state index is 9.11. The Bertz CT molecular complexity index is 143. The molecular formula is C11H23NO. The summed E-state index contributed by atoms with van der Waals surface area (Å²) in [5.41, 5.74) is 0. The summed E-state index contributed by atoms with van der Waals surface area (Å²) in [6.45, 7) is 7.86. The summed E-state index contributed by atoms with van der Waals surface area (Å²) in [5.74, 6) is 1.48. The largest absolute Gasteiger partial charge is 0.393 e. The molecule has 0 aromatic heterocycles. The zero-order valence-electron chi connectivity index (χ0n) is 9.09. The topological polar surface area (TPSA) is 32.3 Å². The molecule has 1 rings (SSSR count). The predicted molar refractivity (Wildman–Crippen MR) is 55.7 cm³/mol. The van der Waals surface area contributed by atoms with Crippen molar-refractivity contribution in [2.75, 3.05) is 6.54 Å². The van der Waals surface area contributed by atoms with Gasteiger partial charge in [-0.05, 0) is 38.1 Å². The third kappa shape index (κ3) is 3.28. The van der Waals surface area contributed by atoms with Crippen LogP contribution in [-0.2, 0) is 0 Å². The van der Waals surface area contributed by atoms with Gasteiger partial charge in [-0.15, -0.1) is 0 Å². The van der Waals surface area contributed by atoms with Gasteiger partial charge in [-0.2, -0.15) is 0 Å². The maximum Gasteiger partial charge on any atom is 0.0546 e. The van der Waals surface area contributed by atoms with Crippen molar-refractivity contribution in [3.63, 3.8) is 0 Å². The third-order valence-electron chi connectivity index (χ3n) is 3.44. The second-order valence-electron chi connectivity index (χ2n) is 4.57. The van der Waals surface area contributed by atoms with E-state index in [0.717, 1.165) is 31.2 Å². The zero-order chi connectivity index (χ0) is 9.84. The molecule has 0 spiro atoms. The molecule has 2 heteroatoms. The van der Waals surface area contributed by atoms with Crippen LogP contribution in [0.4, 0.5) is 0 Å². The SMILES string of the molecule is CCC(C)C(C)NCC1CC(O)C1. The molecule has 2 atom stereocenters. The van der Waals surface area contributed by atoms with Crippen molar-refractivity contribution in [2.45, 2.75) is 52.2 Å². The lowest BCUT2D eigenvalue weighted by molar-refractivity contribution is 0.0413. The van der Waals surface area contributed by atoms with Gasteiger partial charge in [-0.1, -0.05) is 20.3 Å². The molecule has 1 fully saturated rings. The first-order valence-corrected chi connectivity index (χ1v) is 5.55. The Morgan fingerprint density at radius 1 is 1.38 bits per heavy atom. The van der Waals surface area contributed by atoms with Crippen LogP contribution in [0.25, 0.3) is 0 Å². The van der Waals surface area contributed by atoms with E-state index in [2.05, 4.69) is 26.1 Å². The third-order valence-corrected chi connectivity index (χ3v) is 3.44. The molecule has 0 aliphatic heterocycles. The van der Waals surface area contributed by atoms with Crippen molar-refractivity contribution in [2.24, 2.45) is 11.8 Å². The minimum atomic E-state index is -0.00861. The highest BCUT2D eigenvalue weighted by molar-refractivity contribution is 4.81. The summed E-state index contributed by atoms with van der Waals surface area (Å²) < 4.78 is 0. The number of nitrogens with one attached hydrogen (secondary N) is 1. The van der Waals surface area contributed by atoms with Crippen LogP contribution >= 0.6 is 0 Å². The lowest BCUT2D eigenvalue weighted by Gasteiger charge is -2.33. The minimum Gasteiger partial charge on any atom is -0.393 e. The Labute approximate surface area is 81.7 Å². The Morgan fingerprint density at radius 2 is 2.00 bits per heavy atom. The lowest BCUT2D eigenvalue weighted by Crippen LogP contribution is -2.41. The van der Waals surface area contributed by atoms with Crippen molar-refractivity contribution in [3.8, 4) is 0 Å². The minimum absolute atomic E-state index is 0.00861. The van der Waals surface area contributed by atoms with Gasteiger partial charge in [0.2, 0.25) is 0 Å². The molecule has 13 heavy (non-hydrogen) atoms. The predicted octanol–water partition coefficient (Wildman–Crippen LogP) is 1.78. The fourth-order valence-corrected chi connectivity index (χ4v) is 1.77. The Balaban J connectivity index is 2.05. The number of aliphatic hydroxyl groups is 1. The van der Waals surface area contributed by atoms with Crippen molar-refractivity contribution in [1.29, 1.82) is 0 Å². The Hall–Kier alpha value is -0.0800. The first kappa shape index (κ1) is 11.0. The molecule has 1 saturated carbocycles. The van der Waals surface area contributed by atoms with Crippen molar-refractivity contribution in [1.82, 2.24) is 5.32 Å². The van der Waals surface area contributed by atoms with Crippen LogP contribution < -0.4 is 5.32 Å². The Kier molecular flexibility index (Phi) is 4.20. The summed E-state index contributed by atoms with van der Waals surface area (Å²) in [6, 6.07) is 0.614. The van der Waals surface area contributed by atoms with Crippen LogP contribution in [0.3, 0.4) is 0 Å². The molecule has 0 aromatic rings. The van der Waals surface area contributed by atoms with Gasteiger partial charge in [-0.25, -0.2) is 0 Å². The molecule has 1 aliphatic rings. The van der Waals surface area contributed by atoms with Crippen LogP contribution in [0.15, 0.2) is 0 Å². The molecule has 0 saturated heterocycles. The highest BCUT2D eigenvalue weighted by atomic mass is 16.3. The molecular weight excluding hydrogens is 162 g/mol. The first-order valence-electron chi connectivity index (χ1n) is 5.55. The lowest BCUT2D eigenvalue weighted by atomic mass is 9.82. The summed E-state index contributed by atoms with van der Waals surface area (Å²) in [7, 11) is 0. The van der Waals surface area contributed by atoms with E-state index < -0.39 is 0 Å². The van der Waals surface area contributed by atoms with Crippen molar-refractivity contribution < 1.29 is 5.11 Å². The zero-order valence-corrected chi connectivity index (χ0v) is 9.09. The maximum atomic E-state index is 9.11. The average molecular weight is 185 g/mol. The van der Waals surface area contributed by atoms with Crippen LogP contribution in [0, 0.1) is 11.8 Å². The van der Waals surface area contributed by atoms with Gasteiger partial charge in [0.05, 0.1) is 6.10 Å². The molecule has 0 radical (unpaired) electrons. The number of hydrogen-bond acceptors (Lipinski definition) is 2. The average Bonchev–Trinajstić information content (AvgIpc) is 2.08. The van der Waals surface area contributed by atoms with Gasteiger partial charge in [0.1, 0.15) is 0 Å². The van der Waals surface area contributed by atoms with Gasteiger partial charge in [0.15, 0.2) is 0 Å². The molecule has 1 aliphatic carbocycles. The van der Waals surface area contributed by atoms with Gasteiger partial charge in [0, 0.05) is 6.04 Å². The highest BCUT2D eigenvalue weighted by Gasteiger charge is 2.27. The van der Waals surface area contributed by atoms with Gasteiger partial charge in [-0.3, -0.25) is 0 Å². The number of rotatable bonds is 5. The quantitative estimate of drug-likeness (QED) is 0.684. The van der Waals surface area contributed by atoms with Crippen LogP contribution in [0.2, 0.25) is 0 Å². The molecule has 0 heterocycles. The molecule has 2 unspecified atom stereocenters. The normalized spacial score (nSPS) is 32.3. The second-order valence-corrected chi connectivity index (χ2v) is 4.57. The fraction of sp³-hybridized carbons (Fsp3) is 1.00. The molecule has 2 nitrogen and oxygen atoms in total.